The van der Waals surface area contributed by atoms with Gasteiger partial charge in [0, 0.05) is 13.1 Å². The van der Waals surface area contributed by atoms with Gasteiger partial charge in [-0.05, 0) is 42.3 Å². The minimum absolute atomic E-state index is 0.0873. The Morgan fingerprint density at radius 1 is 1.60 bits per heavy atom. The van der Waals surface area contributed by atoms with Gasteiger partial charge in [-0.3, -0.25) is 4.79 Å². The molecule has 1 aliphatic heterocycles. The first kappa shape index (κ1) is 14.8. The van der Waals surface area contributed by atoms with Crippen LogP contribution in [0.15, 0.2) is 22.0 Å². The van der Waals surface area contributed by atoms with E-state index in [0.717, 1.165) is 18.7 Å². The van der Waals surface area contributed by atoms with Crippen LogP contribution in [0.3, 0.4) is 0 Å². The van der Waals surface area contributed by atoms with Gasteiger partial charge in [-0.25, -0.2) is 0 Å². The summed E-state index contributed by atoms with van der Waals surface area (Å²) in [5.74, 6) is -0.0104. The highest BCUT2D eigenvalue weighted by Gasteiger charge is 2.39. The predicted octanol–water partition coefficient (Wildman–Crippen LogP) is 0.618. The zero-order chi connectivity index (χ0) is 14.6. The molecule has 6 nitrogen and oxygen atoms in total. The quantitative estimate of drug-likeness (QED) is 0.329. The van der Waals surface area contributed by atoms with Crippen LogP contribution in [0.5, 0.6) is 0 Å². The molecule has 0 radical (unpaired) electrons. The molecular weight excluding hydrogens is 276 g/mol. The highest BCUT2D eigenvalue weighted by atomic mass is 32.1. The van der Waals surface area contributed by atoms with Gasteiger partial charge in [0.15, 0.2) is 5.84 Å². The van der Waals surface area contributed by atoms with Gasteiger partial charge in [-0.1, -0.05) is 5.16 Å². The Kier molecular flexibility index (Phi) is 4.61. The van der Waals surface area contributed by atoms with Gasteiger partial charge in [0.05, 0.1) is 6.42 Å². The zero-order valence-corrected chi connectivity index (χ0v) is 12.3. The first-order chi connectivity index (χ1) is 9.55. The van der Waals surface area contributed by atoms with E-state index < -0.39 is 5.54 Å². The first-order valence-electron chi connectivity index (χ1n) is 6.54. The van der Waals surface area contributed by atoms with Crippen molar-refractivity contribution in [2.75, 3.05) is 20.1 Å². The standard InChI is InChI=1S/C13H20N4O2S/c1-17-5-3-13(4-6-17,12(14)16-19)15-11(18)8-10-2-7-20-9-10/h2,7,9,19H,3-6,8H2,1H3,(H2,14,16)(H,15,18). The Balaban J connectivity index is 2.06. The summed E-state index contributed by atoms with van der Waals surface area (Å²) in [5, 5.41) is 19.0. The number of piperidine rings is 1. The molecule has 20 heavy (non-hydrogen) atoms. The molecule has 0 unspecified atom stereocenters. The molecule has 0 spiro atoms. The van der Waals surface area contributed by atoms with Crippen molar-refractivity contribution in [3.63, 3.8) is 0 Å². The number of oxime groups is 1. The summed E-state index contributed by atoms with van der Waals surface area (Å²) in [6.45, 7) is 1.60. The Hall–Kier alpha value is -1.60. The van der Waals surface area contributed by atoms with E-state index in [1.165, 1.54) is 0 Å². The Morgan fingerprint density at radius 2 is 2.30 bits per heavy atom. The van der Waals surface area contributed by atoms with Gasteiger partial charge in [-0.2, -0.15) is 11.3 Å². The first-order valence-corrected chi connectivity index (χ1v) is 7.49. The average Bonchev–Trinajstić information content (AvgIpc) is 2.93. The lowest BCUT2D eigenvalue weighted by Crippen LogP contribution is -2.62. The van der Waals surface area contributed by atoms with Gasteiger partial charge < -0.3 is 21.2 Å². The average molecular weight is 296 g/mol. The molecule has 0 atom stereocenters. The fourth-order valence-electron chi connectivity index (χ4n) is 2.43. The number of thiophene rings is 1. The Morgan fingerprint density at radius 3 is 2.85 bits per heavy atom. The maximum absolute atomic E-state index is 12.2. The number of amides is 1. The van der Waals surface area contributed by atoms with E-state index in [1.807, 2.05) is 23.9 Å². The molecule has 1 aromatic rings. The fraction of sp³-hybridized carbons (Fsp3) is 0.538. The number of nitrogens with one attached hydrogen (secondary N) is 1. The monoisotopic (exact) mass is 296 g/mol. The summed E-state index contributed by atoms with van der Waals surface area (Å²) in [7, 11) is 2.02. The van der Waals surface area contributed by atoms with Crippen LogP contribution in [-0.2, 0) is 11.2 Å². The van der Waals surface area contributed by atoms with E-state index in [9.17, 15) is 4.79 Å². The third-order valence-electron chi connectivity index (χ3n) is 3.76. The van der Waals surface area contributed by atoms with Crippen LogP contribution in [-0.4, -0.2) is 47.5 Å². The smallest absolute Gasteiger partial charge is 0.225 e. The largest absolute Gasteiger partial charge is 0.409 e. The molecular formula is C13H20N4O2S. The second-order valence-corrected chi connectivity index (χ2v) is 6.01. The van der Waals surface area contributed by atoms with Crippen LogP contribution in [0.2, 0.25) is 0 Å². The second-order valence-electron chi connectivity index (χ2n) is 5.23. The normalized spacial score (nSPS) is 19.8. The number of likely N-dealkylation sites (tertiary alicyclic amines) is 1. The van der Waals surface area contributed by atoms with Crippen LogP contribution in [0.25, 0.3) is 0 Å². The summed E-state index contributed by atoms with van der Waals surface area (Å²) in [6, 6.07) is 1.93. The van der Waals surface area contributed by atoms with Crippen LogP contribution >= 0.6 is 11.3 Å². The molecule has 0 aromatic carbocycles. The van der Waals surface area contributed by atoms with Gasteiger partial charge in [-0.15, -0.1) is 0 Å². The van der Waals surface area contributed by atoms with Gasteiger partial charge >= 0.3 is 0 Å². The number of carbonyl (C=O) groups is 1. The number of carbonyl (C=O) groups excluding carboxylic acids is 1. The number of rotatable bonds is 4. The number of amidine groups is 1. The number of hydrogen-bond donors (Lipinski definition) is 3. The number of nitrogens with two attached hydrogens (primary N) is 1. The SMILES string of the molecule is CN1CCC(NC(=O)Cc2ccsc2)(/C(N)=N/O)CC1. The minimum atomic E-state index is -0.728. The van der Waals surface area contributed by atoms with E-state index in [4.69, 9.17) is 10.9 Å². The second kappa shape index (κ2) is 6.23. The van der Waals surface area contributed by atoms with Crippen LogP contribution in [0.1, 0.15) is 18.4 Å². The van der Waals surface area contributed by atoms with Crippen molar-refractivity contribution in [1.82, 2.24) is 10.2 Å². The molecule has 2 heterocycles. The Bertz CT molecular complexity index is 479. The molecule has 1 fully saturated rings. The van der Waals surface area contributed by atoms with Crippen molar-refractivity contribution in [2.45, 2.75) is 24.8 Å². The van der Waals surface area contributed by atoms with E-state index in [1.54, 1.807) is 11.3 Å². The summed E-state index contributed by atoms with van der Waals surface area (Å²) in [6.07, 6.45) is 1.61. The summed E-state index contributed by atoms with van der Waals surface area (Å²) in [4.78, 5) is 14.3. The summed E-state index contributed by atoms with van der Waals surface area (Å²) < 4.78 is 0. The maximum atomic E-state index is 12.2. The molecule has 110 valence electrons. The lowest BCUT2D eigenvalue weighted by Gasteiger charge is -2.40. The van der Waals surface area contributed by atoms with Gasteiger partial charge in [0.2, 0.25) is 5.91 Å². The molecule has 2 rings (SSSR count). The lowest BCUT2D eigenvalue weighted by atomic mass is 9.86. The highest BCUT2D eigenvalue weighted by molar-refractivity contribution is 7.07. The molecule has 4 N–H and O–H groups in total. The van der Waals surface area contributed by atoms with Crippen molar-refractivity contribution in [1.29, 1.82) is 0 Å². The van der Waals surface area contributed by atoms with Crippen LogP contribution in [0.4, 0.5) is 0 Å². The third-order valence-corrected chi connectivity index (χ3v) is 4.49. The third kappa shape index (κ3) is 3.29. The van der Waals surface area contributed by atoms with E-state index in [-0.39, 0.29) is 11.7 Å². The van der Waals surface area contributed by atoms with E-state index in [2.05, 4.69) is 15.4 Å². The van der Waals surface area contributed by atoms with Crippen molar-refractivity contribution in [3.8, 4) is 0 Å². The van der Waals surface area contributed by atoms with Crippen molar-refractivity contribution < 1.29 is 10.0 Å². The molecule has 1 aromatic heterocycles. The zero-order valence-electron chi connectivity index (χ0n) is 11.5. The van der Waals surface area contributed by atoms with Crippen molar-refractivity contribution in [2.24, 2.45) is 10.9 Å². The van der Waals surface area contributed by atoms with Crippen molar-refractivity contribution >= 4 is 23.1 Å². The lowest BCUT2D eigenvalue weighted by molar-refractivity contribution is -0.122. The molecule has 0 aliphatic carbocycles. The minimum Gasteiger partial charge on any atom is -0.409 e. The number of nitrogens with zero attached hydrogens (tertiary/aromatic N) is 2. The summed E-state index contributed by atoms with van der Waals surface area (Å²) in [5.41, 5.74) is 6.07. The fourth-order valence-corrected chi connectivity index (χ4v) is 3.10. The highest BCUT2D eigenvalue weighted by Crippen LogP contribution is 2.22. The molecule has 7 heteroatoms. The van der Waals surface area contributed by atoms with Crippen LogP contribution < -0.4 is 11.1 Å². The van der Waals surface area contributed by atoms with Crippen molar-refractivity contribution in [3.05, 3.63) is 22.4 Å². The molecule has 0 saturated carbocycles. The predicted molar refractivity (Wildman–Crippen MR) is 79.0 cm³/mol. The summed E-state index contributed by atoms with van der Waals surface area (Å²) >= 11 is 1.56. The van der Waals surface area contributed by atoms with Gasteiger partial charge in [0.1, 0.15) is 5.54 Å². The molecule has 1 amide bonds. The Labute approximate surface area is 122 Å². The number of hydrogen-bond acceptors (Lipinski definition) is 5. The van der Waals surface area contributed by atoms with Crippen LogP contribution in [0, 0.1) is 0 Å². The topological polar surface area (TPSA) is 91.0 Å². The van der Waals surface area contributed by atoms with E-state index >= 15 is 0 Å². The van der Waals surface area contributed by atoms with E-state index in [0.29, 0.717) is 19.3 Å². The molecule has 1 saturated heterocycles. The molecule has 1 aliphatic rings. The molecule has 0 bridgehead atoms. The van der Waals surface area contributed by atoms with Gasteiger partial charge in [0.25, 0.3) is 0 Å². The maximum Gasteiger partial charge on any atom is 0.225 e.